The van der Waals surface area contributed by atoms with Crippen molar-refractivity contribution in [3.05, 3.63) is 54.3 Å². The normalized spacial score (nSPS) is 15.1. The van der Waals surface area contributed by atoms with Gasteiger partial charge in [0.15, 0.2) is 5.82 Å². The lowest BCUT2D eigenvalue weighted by molar-refractivity contribution is 0.122. The Kier molecular flexibility index (Phi) is 3.63. The van der Waals surface area contributed by atoms with Crippen LogP contribution in [0.2, 0.25) is 0 Å². The van der Waals surface area contributed by atoms with Crippen LogP contribution in [0.15, 0.2) is 48.5 Å². The van der Waals surface area contributed by atoms with Crippen LogP contribution in [0.5, 0.6) is 0 Å². The molecule has 3 aromatic rings. The molecule has 0 aliphatic carbocycles. The molecule has 0 bridgehead atoms. The molecule has 2 aromatic carbocycles. The standard InChI is InChI=1S/C18H16FN3O/c19-14-7-5-13(6-8-14)17-20-16-4-2-1-3-15(16)18(21-17)22-9-11-23-12-10-22/h1-8H,9-12H2. The summed E-state index contributed by atoms with van der Waals surface area (Å²) in [6.45, 7) is 3.02. The zero-order valence-corrected chi connectivity index (χ0v) is 12.6. The molecule has 0 saturated carbocycles. The van der Waals surface area contributed by atoms with E-state index in [4.69, 9.17) is 9.72 Å². The summed E-state index contributed by atoms with van der Waals surface area (Å²) in [4.78, 5) is 11.6. The summed E-state index contributed by atoms with van der Waals surface area (Å²) in [5.41, 5.74) is 1.70. The number of hydrogen-bond acceptors (Lipinski definition) is 4. The van der Waals surface area contributed by atoms with E-state index in [1.807, 2.05) is 24.3 Å². The van der Waals surface area contributed by atoms with E-state index in [1.54, 1.807) is 12.1 Å². The number of nitrogens with zero attached hydrogens (tertiary/aromatic N) is 3. The van der Waals surface area contributed by atoms with Crippen LogP contribution in [0.3, 0.4) is 0 Å². The van der Waals surface area contributed by atoms with E-state index >= 15 is 0 Å². The summed E-state index contributed by atoms with van der Waals surface area (Å²) in [6.07, 6.45) is 0. The number of hydrogen-bond donors (Lipinski definition) is 0. The van der Waals surface area contributed by atoms with E-state index in [9.17, 15) is 4.39 Å². The Bertz CT molecular complexity index is 829. The topological polar surface area (TPSA) is 38.2 Å². The monoisotopic (exact) mass is 309 g/mol. The summed E-state index contributed by atoms with van der Waals surface area (Å²) in [6, 6.07) is 14.3. The molecule has 0 N–H and O–H groups in total. The van der Waals surface area contributed by atoms with Crippen molar-refractivity contribution in [2.75, 3.05) is 31.2 Å². The lowest BCUT2D eigenvalue weighted by atomic mass is 10.1. The highest BCUT2D eigenvalue weighted by Gasteiger charge is 2.17. The van der Waals surface area contributed by atoms with E-state index in [2.05, 4.69) is 9.88 Å². The summed E-state index contributed by atoms with van der Waals surface area (Å²) in [7, 11) is 0. The molecule has 4 nitrogen and oxygen atoms in total. The zero-order chi connectivity index (χ0) is 15.6. The fraction of sp³-hybridized carbons (Fsp3) is 0.222. The minimum Gasteiger partial charge on any atom is -0.378 e. The minimum absolute atomic E-state index is 0.261. The highest BCUT2D eigenvalue weighted by atomic mass is 19.1. The maximum Gasteiger partial charge on any atom is 0.162 e. The SMILES string of the molecule is Fc1ccc(-c2nc(N3CCOCC3)c3ccccc3n2)cc1. The lowest BCUT2D eigenvalue weighted by Gasteiger charge is -2.29. The molecule has 1 aliphatic heterocycles. The molecule has 2 heterocycles. The van der Waals surface area contributed by atoms with Crippen molar-refractivity contribution in [1.82, 2.24) is 9.97 Å². The molecular formula is C18H16FN3O. The maximum absolute atomic E-state index is 13.2. The van der Waals surface area contributed by atoms with Gasteiger partial charge in [-0.2, -0.15) is 0 Å². The Morgan fingerprint density at radius 1 is 0.913 bits per heavy atom. The highest BCUT2D eigenvalue weighted by molar-refractivity contribution is 5.91. The summed E-state index contributed by atoms with van der Waals surface area (Å²) < 4.78 is 18.6. The zero-order valence-electron chi connectivity index (χ0n) is 12.6. The number of ether oxygens (including phenoxy) is 1. The molecule has 1 aliphatic rings. The van der Waals surface area contributed by atoms with Crippen molar-refractivity contribution < 1.29 is 9.13 Å². The number of halogens is 1. The Morgan fingerprint density at radius 2 is 1.65 bits per heavy atom. The van der Waals surface area contributed by atoms with Gasteiger partial charge in [-0.3, -0.25) is 0 Å². The predicted octanol–water partition coefficient (Wildman–Crippen LogP) is 3.27. The molecule has 116 valence electrons. The largest absolute Gasteiger partial charge is 0.378 e. The second kappa shape index (κ2) is 5.93. The number of anilines is 1. The third-order valence-corrected chi connectivity index (χ3v) is 4.00. The molecule has 5 heteroatoms. The average molecular weight is 309 g/mol. The van der Waals surface area contributed by atoms with Gasteiger partial charge in [0.25, 0.3) is 0 Å². The average Bonchev–Trinajstić information content (AvgIpc) is 2.62. The third-order valence-electron chi connectivity index (χ3n) is 4.00. The van der Waals surface area contributed by atoms with Crippen molar-refractivity contribution in [2.24, 2.45) is 0 Å². The first-order valence-corrected chi connectivity index (χ1v) is 7.67. The first-order valence-electron chi connectivity index (χ1n) is 7.67. The van der Waals surface area contributed by atoms with E-state index in [0.717, 1.165) is 35.4 Å². The summed E-state index contributed by atoms with van der Waals surface area (Å²) >= 11 is 0. The van der Waals surface area contributed by atoms with E-state index < -0.39 is 0 Å². The van der Waals surface area contributed by atoms with Gasteiger partial charge < -0.3 is 9.64 Å². The van der Waals surface area contributed by atoms with Gasteiger partial charge in [-0.15, -0.1) is 0 Å². The van der Waals surface area contributed by atoms with Crippen LogP contribution in [0.1, 0.15) is 0 Å². The summed E-state index contributed by atoms with van der Waals surface area (Å²) in [5, 5.41) is 1.03. The fourth-order valence-electron chi connectivity index (χ4n) is 2.80. The van der Waals surface area contributed by atoms with Gasteiger partial charge >= 0.3 is 0 Å². The van der Waals surface area contributed by atoms with Gasteiger partial charge in [-0.05, 0) is 36.4 Å². The lowest BCUT2D eigenvalue weighted by Crippen LogP contribution is -2.37. The predicted molar refractivity (Wildman–Crippen MR) is 88.0 cm³/mol. The number of fused-ring (bicyclic) bond motifs is 1. The summed E-state index contributed by atoms with van der Waals surface area (Å²) in [5.74, 6) is 1.27. The van der Waals surface area contributed by atoms with Crippen LogP contribution in [0.4, 0.5) is 10.2 Å². The van der Waals surface area contributed by atoms with E-state index in [-0.39, 0.29) is 5.82 Å². The molecule has 0 radical (unpaired) electrons. The van der Waals surface area contributed by atoms with Crippen LogP contribution in [0.25, 0.3) is 22.3 Å². The number of para-hydroxylation sites is 1. The van der Waals surface area contributed by atoms with Crippen LogP contribution in [-0.2, 0) is 4.74 Å². The van der Waals surface area contributed by atoms with Gasteiger partial charge in [0.1, 0.15) is 11.6 Å². The van der Waals surface area contributed by atoms with E-state index in [1.165, 1.54) is 12.1 Å². The highest BCUT2D eigenvalue weighted by Crippen LogP contribution is 2.28. The van der Waals surface area contributed by atoms with Gasteiger partial charge in [0, 0.05) is 24.0 Å². The van der Waals surface area contributed by atoms with Crippen molar-refractivity contribution in [3.63, 3.8) is 0 Å². The van der Waals surface area contributed by atoms with Crippen molar-refractivity contribution in [1.29, 1.82) is 0 Å². The van der Waals surface area contributed by atoms with Gasteiger partial charge in [0.2, 0.25) is 0 Å². The Morgan fingerprint density at radius 3 is 2.43 bits per heavy atom. The number of rotatable bonds is 2. The minimum atomic E-state index is -0.261. The maximum atomic E-state index is 13.2. The second-order valence-corrected chi connectivity index (χ2v) is 5.49. The fourth-order valence-corrected chi connectivity index (χ4v) is 2.80. The molecule has 23 heavy (non-hydrogen) atoms. The first kappa shape index (κ1) is 14.1. The number of benzene rings is 2. The first-order chi connectivity index (χ1) is 11.3. The molecule has 0 amide bonds. The van der Waals surface area contributed by atoms with E-state index in [0.29, 0.717) is 19.0 Å². The molecule has 0 atom stereocenters. The molecule has 4 rings (SSSR count). The molecule has 1 saturated heterocycles. The Labute approximate surface area is 133 Å². The van der Waals surface area contributed by atoms with Crippen LogP contribution in [0, 0.1) is 5.82 Å². The van der Waals surface area contributed by atoms with Crippen molar-refractivity contribution in [2.45, 2.75) is 0 Å². The molecular weight excluding hydrogens is 293 g/mol. The van der Waals surface area contributed by atoms with Crippen molar-refractivity contribution >= 4 is 16.7 Å². The number of aromatic nitrogens is 2. The van der Waals surface area contributed by atoms with Crippen LogP contribution < -0.4 is 4.90 Å². The molecule has 0 unspecified atom stereocenters. The Balaban J connectivity index is 1.87. The molecule has 1 fully saturated rings. The molecule has 0 spiro atoms. The van der Waals surface area contributed by atoms with Gasteiger partial charge in [-0.25, -0.2) is 14.4 Å². The third kappa shape index (κ3) is 2.75. The van der Waals surface area contributed by atoms with Gasteiger partial charge in [-0.1, -0.05) is 12.1 Å². The van der Waals surface area contributed by atoms with Crippen molar-refractivity contribution in [3.8, 4) is 11.4 Å². The smallest absolute Gasteiger partial charge is 0.162 e. The van der Waals surface area contributed by atoms with Crippen LogP contribution in [-0.4, -0.2) is 36.3 Å². The number of morpholine rings is 1. The second-order valence-electron chi connectivity index (χ2n) is 5.49. The van der Waals surface area contributed by atoms with Crippen LogP contribution >= 0.6 is 0 Å². The molecule has 1 aromatic heterocycles. The quantitative estimate of drug-likeness (QED) is 0.728. The Hall–Kier alpha value is -2.53. The van der Waals surface area contributed by atoms with Gasteiger partial charge in [0.05, 0.1) is 18.7 Å².